The van der Waals surface area contributed by atoms with Crippen LogP contribution in [0.2, 0.25) is 10.0 Å². The van der Waals surface area contributed by atoms with E-state index in [0.717, 1.165) is 5.56 Å². The molecule has 2 aromatic rings. The van der Waals surface area contributed by atoms with Crippen molar-refractivity contribution in [3.05, 3.63) is 69.2 Å². The van der Waals surface area contributed by atoms with Gasteiger partial charge in [0.1, 0.15) is 0 Å². The van der Waals surface area contributed by atoms with Gasteiger partial charge in [-0.3, -0.25) is 14.5 Å². The molecule has 0 unspecified atom stereocenters. The Morgan fingerprint density at radius 3 is 2.13 bits per heavy atom. The summed E-state index contributed by atoms with van der Waals surface area (Å²) in [6.45, 7) is 0.159. The molecule has 118 valence electrons. The fraction of sp³-hybridized carbons (Fsp3) is 0.176. The van der Waals surface area contributed by atoms with Gasteiger partial charge in [-0.2, -0.15) is 0 Å². The van der Waals surface area contributed by atoms with Gasteiger partial charge in [0, 0.05) is 12.6 Å². The molecule has 2 aromatic carbocycles. The van der Waals surface area contributed by atoms with Crippen molar-refractivity contribution < 1.29 is 9.59 Å². The SMILES string of the molecule is N[C@H](Cc1ccc(Cl)c(Cl)c1)CN1C(=O)c2ccccc2C1=O. The third kappa shape index (κ3) is 3.11. The van der Waals surface area contributed by atoms with Gasteiger partial charge in [0.25, 0.3) is 11.8 Å². The van der Waals surface area contributed by atoms with Crippen molar-refractivity contribution in [3.63, 3.8) is 0 Å². The minimum Gasteiger partial charge on any atom is -0.326 e. The molecule has 3 rings (SSSR count). The zero-order valence-corrected chi connectivity index (χ0v) is 13.6. The van der Waals surface area contributed by atoms with Gasteiger partial charge in [0.2, 0.25) is 0 Å². The van der Waals surface area contributed by atoms with Crippen molar-refractivity contribution in [2.45, 2.75) is 12.5 Å². The van der Waals surface area contributed by atoms with Crippen LogP contribution in [0.25, 0.3) is 0 Å². The van der Waals surface area contributed by atoms with Crippen molar-refractivity contribution in [1.82, 2.24) is 4.90 Å². The first kappa shape index (κ1) is 16.0. The van der Waals surface area contributed by atoms with E-state index in [0.29, 0.717) is 27.6 Å². The standard InChI is InChI=1S/C17H14Cl2N2O2/c18-14-6-5-10(8-15(14)19)7-11(20)9-21-16(22)12-3-1-2-4-13(12)17(21)23/h1-6,8,11H,7,9,20H2/t11-/m1/s1. The molecule has 1 aliphatic rings. The first-order valence-corrected chi connectivity index (χ1v) is 7.87. The number of rotatable bonds is 4. The van der Waals surface area contributed by atoms with Crippen LogP contribution in [0.3, 0.4) is 0 Å². The summed E-state index contributed by atoms with van der Waals surface area (Å²) in [7, 11) is 0. The van der Waals surface area contributed by atoms with Crippen LogP contribution in [0.1, 0.15) is 26.3 Å². The van der Waals surface area contributed by atoms with Crippen LogP contribution >= 0.6 is 23.2 Å². The summed E-state index contributed by atoms with van der Waals surface area (Å²) in [5.74, 6) is -0.592. The second kappa shape index (κ2) is 6.32. The molecule has 2 amide bonds. The number of hydrogen-bond acceptors (Lipinski definition) is 3. The highest BCUT2D eigenvalue weighted by Crippen LogP contribution is 2.24. The van der Waals surface area contributed by atoms with Gasteiger partial charge in [-0.1, -0.05) is 41.4 Å². The second-order valence-corrected chi connectivity index (χ2v) is 6.29. The van der Waals surface area contributed by atoms with Gasteiger partial charge < -0.3 is 5.73 Å². The van der Waals surface area contributed by atoms with Crippen LogP contribution in [-0.2, 0) is 6.42 Å². The summed E-state index contributed by atoms with van der Waals surface area (Å²) < 4.78 is 0. The van der Waals surface area contributed by atoms with Crippen LogP contribution in [0.4, 0.5) is 0 Å². The smallest absolute Gasteiger partial charge is 0.261 e. The van der Waals surface area contributed by atoms with E-state index < -0.39 is 0 Å². The predicted octanol–water partition coefficient (Wildman–Crippen LogP) is 3.16. The Kier molecular flexibility index (Phi) is 4.39. The van der Waals surface area contributed by atoms with Crippen LogP contribution in [0.15, 0.2) is 42.5 Å². The van der Waals surface area contributed by atoms with E-state index in [1.54, 1.807) is 36.4 Å². The van der Waals surface area contributed by atoms with E-state index in [4.69, 9.17) is 28.9 Å². The summed E-state index contributed by atoms with van der Waals surface area (Å²) in [4.78, 5) is 25.8. The molecule has 4 nitrogen and oxygen atoms in total. The first-order valence-electron chi connectivity index (χ1n) is 7.12. The molecular weight excluding hydrogens is 335 g/mol. The first-order chi connectivity index (χ1) is 11.0. The Morgan fingerprint density at radius 1 is 0.957 bits per heavy atom. The molecule has 1 heterocycles. The minimum absolute atomic E-state index is 0.159. The summed E-state index contributed by atoms with van der Waals surface area (Å²) in [5.41, 5.74) is 7.88. The van der Waals surface area contributed by atoms with Crippen molar-refractivity contribution in [2.24, 2.45) is 5.73 Å². The van der Waals surface area contributed by atoms with Gasteiger partial charge in [-0.05, 0) is 36.2 Å². The Balaban J connectivity index is 1.71. The maximum Gasteiger partial charge on any atom is 0.261 e. The molecular formula is C17H14Cl2N2O2. The maximum absolute atomic E-state index is 12.3. The number of carbonyl (C=O) groups excluding carboxylic acids is 2. The Bertz CT molecular complexity index is 757. The average molecular weight is 349 g/mol. The summed E-state index contributed by atoms with van der Waals surface area (Å²) >= 11 is 11.9. The number of imide groups is 1. The van der Waals surface area contributed by atoms with E-state index in [2.05, 4.69) is 0 Å². The molecule has 23 heavy (non-hydrogen) atoms. The van der Waals surface area contributed by atoms with E-state index in [1.807, 2.05) is 6.07 Å². The molecule has 1 atom stereocenters. The Hall–Kier alpha value is -1.88. The number of halogens is 2. The van der Waals surface area contributed by atoms with Crippen LogP contribution in [0, 0.1) is 0 Å². The van der Waals surface area contributed by atoms with Gasteiger partial charge in [-0.25, -0.2) is 0 Å². The lowest BCUT2D eigenvalue weighted by molar-refractivity contribution is 0.0644. The quantitative estimate of drug-likeness (QED) is 0.863. The largest absolute Gasteiger partial charge is 0.326 e. The monoisotopic (exact) mass is 348 g/mol. The van der Waals surface area contributed by atoms with Crippen molar-refractivity contribution in [3.8, 4) is 0 Å². The van der Waals surface area contributed by atoms with E-state index >= 15 is 0 Å². The maximum atomic E-state index is 12.3. The third-order valence-corrected chi connectivity index (χ3v) is 4.52. The van der Waals surface area contributed by atoms with E-state index in [9.17, 15) is 9.59 Å². The number of fused-ring (bicyclic) bond motifs is 1. The molecule has 0 saturated carbocycles. The topological polar surface area (TPSA) is 63.4 Å². The van der Waals surface area contributed by atoms with Crippen molar-refractivity contribution in [2.75, 3.05) is 6.54 Å². The Morgan fingerprint density at radius 2 is 1.57 bits per heavy atom. The molecule has 0 radical (unpaired) electrons. The number of amides is 2. The summed E-state index contributed by atoms with van der Waals surface area (Å²) in [6, 6.07) is 11.7. The van der Waals surface area contributed by atoms with Gasteiger partial charge >= 0.3 is 0 Å². The highest BCUT2D eigenvalue weighted by molar-refractivity contribution is 6.42. The molecule has 0 bridgehead atoms. The molecule has 0 aliphatic carbocycles. The third-order valence-electron chi connectivity index (χ3n) is 3.78. The predicted molar refractivity (Wildman–Crippen MR) is 90.0 cm³/mol. The van der Waals surface area contributed by atoms with Gasteiger partial charge in [0.15, 0.2) is 0 Å². The van der Waals surface area contributed by atoms with E-state index in [1.165, 1.54) is 4.90 Å². The van der Waals surface area contributed by atoms with Gasteiger partial charge in [0.05, 0.1) is 21.2 Å². The van der Waals surface area contributed by atoms with Gasteiger partial charge in [-0.15, -0.1) is 0 Å². The second-order valence-electron chi connectivity index (χ2n) is 5.48. The fourth-order valence-corrected chi connectivity index (χ4v) is 2.99. The van der Waals surface area contributed by atoms with Crippen LogP contribution < -0.4 is 5.73 Å². The Labute approximate surface area is 143 Å². The highest BCUT2D eigenvalue weighted by atomic mass is 35.5. The average Bonchev–Trinajstić information content (AvgIpc) is 2.76. The lowest BCUT2D eigenvalue weighted by Gasteiger charge is -2.19. The van der Waals surface area contributed by atoms with Crippen LogP contribution in [-0.4, -0.2) is 29.3 Å². The zero-order valence-electron chi connectivity index (χ0n) is 12.1. The highest BCUT2D eigenvalue weighted by Gasteiger charge is 2.35. The molecule has 0 spiro atoms. The number of carbonyl (C=O) groups is 2. The molecule has 1 aliphatic heterocycles. The van der Waals surface area contributed by atoms with Crippen molar-refractivity contribution >= 4 is 35.0 Å². The number of nitrogens with zero attached hydrogens (tertiary/aromatic N) is 1. The fourth-order valence-electron chi connectivity index (χ4n) is 2.67. The number of nitrogens with two attached hydrogens (primary N) is 1. The molecule has 0 fully saturated rings. The number of benzene rings is 2. The molecule has 6 heteroatoms. The molecule has 0 aromatic heterocycles. The van der Waals surface area contributed by atoms with Crippen molar-refractivity contribution in [1.29, 1.82) is 0 Å². The van der Waals surface area contributed by atoms with E-state index in [-0.39, 0.29) is 24.4 Å². The number of hydrogen-bond donors (Lipinski definition) is 1. The minimum atomic E-state index is -0.380. The zero-order chi connectivity index (χ0) is 16.6. The summed E-state index contributed by atoms with van der Waals surface area (Å²) in [5, 5.41) is 0.932. The molecule has 0 saturated heterocycles. The molecule has 2 N–H and O–H groups in total. The normalized spacial score (nSPS) is 15.0. The van der Waals surface area contributed by atoms with Crippen LogP contribution in [0.5, 0.6) is 0 Å². The summed E-state index contributed by atoms with van der Waals surface area (Å²) in [6.07, 6.45) is 0.490. The lowest BCUT2D eigenvalue weighted by Crippen LogP contribution is -2.41. The lowest BCUT2D eigenvalue weighted by atomic mass is 10.1.